The van der Waals surface area contributed by atoms with Crippen LogP contribution in [0.5, 0.6) is 0 Å². The zero-order valence-corrected chi connectivity index (χ0v) is 11.6. The van der Waals surface area contributed by atoms with Crippen LogP contribution in [0, 0.1) is 6.92 Å². The molecule has 0 fully saturated rings. The lowest BCUT2D eigenvalue weighted by atomic mass is 9.79. The minimum Gasteiger partial charge on any atom is -0.302 e. The molecule has 1 heteroatoms. The van der Waals surface area contributed by atoms with E-state index in [9.17, 15) is 4.79 Å². The fourth-order valence-electron chi connectivity index (χ4n) is 2.25. The van der Waals surface area contributed by atoms with E-state index in [0.29, 0.717) is 0 Å². The standard InChI is InChI=1S/C18H20O/c1-15-8-10-17(11-9-15)18(2,14-19)13-12-16-6-4-3-5-7-16/h3-11,14H,12-13H2,1-2H3. The maximum Gasteiger partial charge on any atom is 0.130 e. The van der Waals surface area contributed by atoms with Crippen molar-refractivity contribution < 1.29 is 4.79 Å². The first-order chi connectivity index (χ1) is 9.14. The molecule has 0 amide bonds. The van der Waals surface area contributed by atoms with Crippen molar-refractivity contribution >= 4 is 6.29 Å². The van der Waals surface area contributed by atoms with Gasteiger partial charge in [0, 0.05) is 5.41 Å². The number of hydrogen-bond donors (Lipinski definition) is 0. The van der Waals surface area contributed by atoms with Gasteiger partial charge in [0.05, 0.1) is 0 Å². The van der Waals surface area contributed by atoms with Gasteiger partial charge in [0.1, 0.15) is 6.29 Å². The zero-order chi connectivity index (χ0) is 13.7. The molecule has 2 aromatic carbocycles. The van der Waals surface area contributed by atoms with Gasteiger partial charge in [-0.2, -0.15) is 0 Å². The van der Waals surface area contributed by atoms with E-state index >= 15 is 0 Å². The minimum absolute atomic E-state index is 0.399. The van der Waals surface area contributed by atoms with Crippen LogP contribution in [-0.4, -0.2) is 6.29 Å². The number of rotatable bonds is 5. The van der Waals surface area contributed by atoms with E-state index in [1.54, 1.807) is 0 Å². The van der Waals surface area contributed by atoms with Crippen LogP contribution in [0.2, 0.25) is 0 Å². The molecule has 1 nitrogen and oxygen atoms in total. The number of carbonyl (C=O) groups is 1. The van der Waals surface area contributed by atoms with Crippen LogP contribution in [0.15, 0.2) is 54.6 Å². The molecule has 0 spiro atoms. The summed E-state index contributed by atoms with van der Waals surface area (Å²) in [5.41, 5.74) is 3.20. The van der Waals surface area contributed by atoms with Crippen LogP contribution in [0.1, 0.15) is 30.0 Å². The molecule has 0 aliphatic rings. The summed E-state index contributed by atoms with van der Waals surface area (Å²) in [5, 5.41) is 0. The SMILES string of the molecule is Cc1ccc(C(C)(C=O)CCc2ccccc2)cc1. The smallest absolute Gasteiger partial charge is 0.130 e. The van der Waals surface area contributed by atoms with Crippen molar-refractivity contribution in [3.8, 4) is 0 Å². The highest BCUT2D eigenvalue weighted by molar-refractivity contribution is 5.68. The average Bonchev–Trinajstić information content (AvgIpc) is 2.46. The molecule has 2 rings (SSSR count). The monoisotopic (exact) mass is 252 g/mol. The second kappa shape index (κ2) is 5.83. The van der Waals surface area contributed by atoms with Crippen molar-refractivity contribution in [2.45, 2.75) is 32.1 Å². The molecule has 2 aromatic rings. The normalized spacial score (nSPS) is 13.8. The Kier molecular flexibility index (Phi) is 4.16. The summed E-state index contributed by atoms with van der Waals surface area (Å²) in [6.45, 7) is 4.08. The molecule has 0 aromatic heterocycles. The average molecular weight is 252 g/mol. The van der Waals surface area contributed by atoms with E-state index in [4.69, 9.17) is 0 Å². The van der Waals surface area contributed by atoms with Gasteiger partial charge in [-0.1, -0.05) is 60.2 Å². The molecule has 1 atom stereocenters. The van der Waals surface area contributed by atoms with Crippen molar-refractivity contribution in [1.82, 2.24) is 0 Å². The van der Waals surface area contributed by atoms with E-state index in [-0.39, 0.29) is 0 Å². The summed E-state index contributed by atoms with van der Waals surface area (Å²) >= 11 is 0. The highest BCUT2D eigenvalue weighted by atomic mass is 16.1. The Morgan fingerprint density at radius 1 is 1.00 bits per heavy atom. The Morgan fingerprint density at radius 3 is 2.21 bits per heavy atom. The van der Waals surface area contributed by atoms with Gasteiger partial charge in [0.2, 0.25) is 0 Å². The second-order valence-electron chi connectivity index (χ2n) is 5.39. The Labute approximate surface area is 115 Å². The maximum atomic E-state index is 11.5. The maximum absolute atomic E-state index is 11.5. The Bertz CT molecular complexity index is 527. The van der Waals surface area contributed by atoms with E-state index < -0.39 is 5.41 Å². The molecule has 0 aliphatic heterocycles. The minimum atomic E-state index is -0.399. The molecule has 0 radical (unpaired) electrons. The Balaban J connectivity index is 2.14. The summed E-state index contributed by atoms with van der Waals surface area (Å²) < 4.78 is 0. The molecule has 0 N–H and O–H groups in total. The zero-order valence-electron chi connectivity index (χ0n) is 11.6. The van der Waals surface area contributed by atoms with Crippen LogP contribution in [0.3, 0.4) is 0 Å². The van der Waals surface area contributed by atoms with Crippen LogP contribution in [0.4, 0.5) is 0 Å². The summed E-state index contributed by atoms with van der Waals surface area (Å²) in [7, 11) is 0. The van der Waals surface area contributed by atoms with Gasteiger partial charge in [-0.3, -0.25) is 0 Å². The Hall–Kier alpha value is -1.89. The van der Waals surface area contributed by atoms with Gasteiger partial charge in [0.15, 0.2) is 0 Å². The van der Waals surface area contributed by atoms with Crippen molar-refractivity contribution in [3.63, 3.8) is 0 Å². The number of aldehydes is 1. The highest BCUT2D eigenvalue weighted by Crippen LogP contribution is 2.27. The van der Waals surface area contributed by atoms with Gasteiger partial charge < -0.3 is 4.79 Å². The molecular formula is C18H20O. The van der Waals surface area contributed by atoms with E-state index in [1.807, 2.05) is 25.1 Å². The van der Waals surface area contributed by atoms with Crippen LogP contribution in [0.25, 0.3) is 0 Å². The summed E-state index contributed by atoms with van der Waals surface area (Å²) in [6, 6.07) is 18.6. The van der Waals surface area contributed by atoms with Crippen LogP contribution in [-0.2, 0) is 16.6 Å². The predicted molar refractivity (Wildman–Crippen MR) is 79.4 cm³/mol. The third kappa shape index (κ3) is 3.31. The number of benzene rings is 2. The third-order valence-corrected chi connectivity index (χ3v) is 3.75. The molecule has 0 saturated carbocycles. The van der Waals surface area contributed by atoms with Crippen molar-refractivity contribution in [2.24, 2.45) is 0 Å². The third-order valence-electron chi connectivity index (χ3n) is 3.75. The van der Waals surface area contributed by atoms with Gasteiger partial charge in [0.25, 0.3) is 0 Å². The van der Waals surface area contributed by atoms with E-state index in [2.05, 4.69) is 43.3 Å². The van der Waals surface area contributed by atoms with E-state index in [1.165, 1.54) is 11.1 Å². The molecule has 0 bridgehead atoms. The summed E-state index contributed by atoms with van der Waals surface area (Å²) in [5.74, 6) is 0. The van der Waals surface area contributed by atoms with Crippen molar-refractivity contribution in [1.29, 1.82) is 0 Å². The number of hydrogen-bond acceptors (Lipinski definition) is 1. The van der Waals surface area contributed by atoms with Gasteiger partial charge in [-0.15, -0.1) is 0 Å². The molecule has 0 aliphatic carbocycles. The lowest BCUT2D eigenvalue weighted by molar-refractivity contribution is -0.112. The fraction of sp³-hybridized carbons (Fsp3) is 0.278. The molecule has 98 valence electrons. The number of aryl methyl sites for hydroxylation is 2. The molecular weight excluding hydrogens is 232 g/mol. The van der Waals surface area contributed by atoms with Crippen molar-refractivity contribution in [3.05, 3.63) is 71.3 Å². The first-order valence-corrected chi connectivity index (χ1v) is 6.71. The fourth-order valence-corrected chi connectivity index (χ4v) is 2.25. The molecule has 0 heterocycles. The molecule has 1 unspecified atom stereocenters. The lowest BCUT2D eigenvalue weighted by Gasteiger charge is -2.24. The Morgan fingerprint density at radius 2 is 1.63 bits per heavy atom. The highest BCUT2D eigenvalue weighted by Gasteiger charge is 2.25. The lowest BCUT2D eigenvalue weighted by Crippen LogP contribution is -2.24. The second-order valence-corrected chi connectivity index (χ2v) is 5.39. The number of carbonyl (C=O) groups excluding carboxylic acids is 1. The van der Waals surface area contributed by atoms with Gasteiger partial charge in [-0.25, -0.2) is 0 Å². The summed E-state index contributed by atoms with van der Waals surface area (Å²) in [4.78, 5) is 11.5. The summed E-state index contributed by atoms with van der Waals surface area (Å²) in [6.07, 6.45) is 2.84. The quantitative estimate of drug-likeness (QED) is 0.733. The molecule has 0 saturated heterocycles. The first-order valence-electron chi connectivity index (χ1n) is 6.71. The largest absolute Gasteiger partial charge is 0.302 e. The topological polar surface area (TPSA) is 17.1 Å². The van der Waals surface area contributed by atoms with Gasteiger partial charge in [-0.05, 0) is 37.8 Å². The van der Waals surface area contributed by atoms with Crippen LogP contribution < -0.4 is 0 Å². The molecule has 19 heavy (non-hydrogen) atoms. The predicted octanol–water partition coefficient (Wildman–Crippen LogP) is 4.08. The van der Waals surface area contributed by atoms with Crippen LogP contribution >= 0.6 is 0 Å². The van der Waals surface area contributed by atoms with E-state index in [0.717, 1.165) is 24.7 Å². The van der Waals surface area contributed by atoms with Crippen molar-refractivity contribution in [2.75, 3.05) is 0 Å². The van der Waals surface area contributed by atoms with Gasteiger partial charge >= 0.3 is 0 Å². The first kappa shape index (κ1) is 13.5.